The fourth-order valence-corrected chi connectivity index (χ4v) is 2.51. The van der Waals surface area contributed by atoms with Crippen LogP contribution in [0.2, 0.25) is 0 Å². The number of benzene rings is 1. The van der Waals surface area contributed by atoms with E-state index in [9.17, 15) is 8.42 Å². The van der Waals surface area contributed by atoms with E-state index >= 15 is 0 Å². The summed E-state index contributed by atoms with van der Waals surface area (Å²) in [6, 6.07) is 8.44. The Morgan fingerprint density at radius 3 is 2.53 bits per heavy atom. The van der Waals surface area contributed by atoms with Gasteiger partial charge in [-0.2, -0.15) is 0 Å². The minimum Gasteiger partial charge on any atom is -0.219 e. The van der Waals surface area contributed by atoms with Crippen LogP contribution in [0.25, 0.3) is 0 Å². The molecular formula is C14H20O2S. The zero-order valence-corrected chi connectivity index (χ0v) is 11.0. The molecule has 0 bridgehead atoms. The Bertz CT molecular complexity index is 478. The third kappa shape index (κ3) is 5.18. The fraction of sp³-hybridized carbons (Fsp3) is 0.429. The van der Waals surface area contributed by atoms with Gasteiger partial charge in [-0.25, -0.2) is 8.42 Å². The Hall–Kier alpha value is -1.09. The minimum absolute atomic E-state index is 0.190. The Morgan fingerprint density at radius 2 is 1.88 bits per heavy atom. The van der Waals surface area contributed by atoms with Crippen molar-refractivity contribution < 1.29 is 9.79 Å². The molecule has 0 radical (unpaired) electrons. The first kappa shape index (κ1) is 12.4. The molecule has 0 fully saturated rings. The molecule has 0 N–H and O–H groups in total. The van der Waals surface area contributed by atoms with Gasteiger partial charge in [-0.05, 0) is 25.0 Å². The van der Waals surface area contributed by atoms with Crippen molar-refractivity contribution in [2.24, 2.45) is 0 Å². The van der Waals surface area contributed by atoms with Gasteiger partial charge < -0.3 is 0 Å². The predicted molar refractivity (Wildman–Crippen MR) is 71.5 cm³/mol. The van der Waals surface area contributed by atoms with Crippen molar-refractivity contribution in [2.75, 3.05) is 0 Å². The molecule has 0 amide bonds. The summed E-state index contributed by atoms with van der Waals surface area (Å²) >= 11 is 0. The molecule has 1 aromatic rings. The van der Waals surface area contributed by atoms with Crippen LogP contribution in [-0.4, -0.2) is 8.42 Å². The van der Waals surface area contributed by atoms with Gasteiger partial charge in [0, 0.05) is 5.41 Å². The second-order valence-corrected chi connectivity index (χ2v) is 5.79. The summed E-state index contributed by atoms with van der Waals surface area (Å²) in [5.41, 5.74) is 0. The van der Waals surface area contributed by atoms with Crippen molar-refractivity contribution in [1.82, 2.24) is 0 Å². The number of unbranched alkanes of at least 4 members (excludes halogenated alkanes) is 3. The first-order chi connectivity index (χ1) is 8.56. The average Bonchev–Trinajstić information content (AvgIpc) is 2.35. The third-order valence-electron chi connectivity index (χ3n) is 2.48. The normalized spacial score (nSPS) is 13.5. The van der Waals surface area contributed by atoms with Gasteiger partial charge in [-0.3, -0.25) is 0 Å². The second kappa shape index (κ2) is 7.28. The molecule has 0 aliphatic heterocycles. The molecule has 0 heterocycles. The molecule has 3 heteroatoms. The zero-order chi connectivity index (χ0) is 13.4. The molecule has 0 atom stereocenters. The van der Waals surface area contributed by atoms with E-state index in [1.165, 1.54) is 0 Å². The number of sulfone groups is 1. The van der Waals surface area contributed by atoms with Crippen LogP contribution in [0.3, 0.4) is 0 Å². The maximum atomic E-state index is 11.9. The van der Waals surface area contributed by atoms with Crippen molar-refractivity contribution in [3.05, 3.63) is 41.8 Å². The molecule has 0 saturated carbocycles. The summed E-state index contributed by atoms with van der Waals surface area (Å²) in [5, 5.41) is 1.08. The van der Waals surface area contributed by atoms with Gasteiger partial charge in [0.1, 0.15) is 0 Å². The van der Waals surface area contributed by atoms with Gasteiger partial charge in [0.25, 0.3) is 0 Å². The summed E-state index contributed by atoms with van der Waals surface area (Å²) in [4.78, 5) is 0.253. The molecule has 2 nitrogen and oxygen atoms in total. The number of hydrogen-bond acceptors (Lipinski definition) is 2. The van der Waals surface area contributed by atoms with E-state index in [4.69, 9.17) is 1.37 Å². The lowest BCUT2D eigenvalue weighted by molar-refractivity contribution is 0.604. The highest BCUT2D eigenvalue weighted by atomic mass is 32.2. The molecule has 0 aliphatic carbocycles. The molecular weight excluding hydrogens is 232 g/mol. The monoisotopic (exact) mass is 253 g/mol. The number of rotatable bonds is 7. The summed E-state index contributed by atoms with van der Waals surface area (Å²) < 4.78 is 31.6. The van der Waals surface area contributed by atoms with E-state index in [0.29, 0.717) is 6.42 Å². The van der Waals surface area contributed by atoms with Gasteiger partial charge in [0.05, 0.1) is 6.27 Å². The van der Waals surface area contributed by atoms with Crippen molar-refractivity contribution in [3.8, 4) is 0 Å². The molecule has 0 unspecified atom stereocenters. The molecule has 17 heavy (non-hydrogen) atoms. The smallest absolute Gasteiger partial charge is 0.199 e. The topological polar surface area (TPSA) is 34.1 Å². The molecule has 0 saturated heterocycles. The molecule has 0 aliphatic rings. The average molecular weight is 253 g/mol. The van der Waals surface area contributed by atoms with Crippen LogP contribution in [-0.2, 0) is 9.84 Å². The maximum Gasteiger partial charge on any atom is 0.199 e. The Morgan fingerprint density at radius 1 is 1.18 bits per heavy atom. The third-order valence-corrected chi connectivity index (χ3v) is 3.89. The summed E-state index contributed by atoms with van der Waals surface area (Å²) in [5.74, 6) is 0. The Kier molecular flexibility index (Phi) is 5.30. The summed E-state index contributed by atoms with van der Waals surface area (Å²) in [7, 11) is -3.45. The van der Waals surface area contributed by atoms with Crippen LogP contribution in [0, 0.1) is 0 Å². The predicted octanol–water partition coefficient (Wildman–Crippen LogP) is 3.94. The second-order valence-electron chi connectivity index (χ2n) is 3.99. The van der Waals surface area contributed by atoms with E-state index in [-0.39, 0.29) is 10.9 Å². The van der Waals surface area contributed by atoms with Crippen LogP contribution in [0.4, 0.5) is 0 Å². The Labute approximate surface area is 106 Å². The van der Waals surface area contributed by atoms with Gasteiger partial charge in [-0.15, -0.1) is 0 Å². The SMILES string of the molecule is [2H]/C(=C\S(=O)(=O)c1ccccc1)CCCCCC. The Balaban J connectivity index is 2.64. The van der Waals surface area contributed by atoms with Gasteiger partial charge in [-0.1, -0.05) is 50.4 Å². The van der Waals surface area contributed by atoms with Crippen LogP contribution in [0.5, 0.6) is 0 Å². The van der Waals surface area contributed by atoms with E-state index < -0.39 is 9.84 Å². The zero-order valence-electron chi connectivity index (χ0n) is 11.2. The van der Waals surface area contributed by atoms with Crippen LogP contribution in [0.1, 0.15) is 40.4 Å². The standard InChI is InChI=1S/C14H20O2S/c1-2-3-4-5-6-10-13-17(15,16)14-11-8-7-9-12-14/h7-13H,2-6H2,1H3/b13-10+/i10D. The van der Waals surface area contributed by atoms with Gasteiger partial charge in [0.2, 0.25) is 0 Å². The number of allylic oxidation sites excluding steroid dienone is 1. The van der Waals surface area contributed by atoms with Crippen molar-refractivity contribution in [3.63, 3.8) is 0 Å². The van der Waals surface area contributed by atoms with Crippen molar-refractivity contribution >= 4 is 9.84 Å². The highest BCUT2D eigenvalue weighted by Gasteiger charge is 2.07. The highest BCUT2D eigenvalue weighted by molar-refractivity contribution is 7.94. The molecule has 0 spiro atoms. The largest absolute Gasteiger partial charge is 0.219 e. The van der Waals surface area contributed by atoms with Crippen molar-refractivity contribution in [2.45, 2.75) is 43.9 Å². The molecule has 1 aromatic carbocycles. The number of hydrogen-bond donors (Lipinski definition) is 0. The highest BCUT2D eigenvalue weighted by Crippen LogP contribution is 2.12. The maximum absolute atomic E-state index is 11.9. The quantitative estimate of drug-likeness (QED) is 0.690. The van der Waals surface area contributed by atoms with Crippen LogP contribution < -0.4 is 0 Å². The molecule has 1 rings (SSSR count). The first-order valence-electron chi connectivity index (χ1n) is 6.53. The van der Waals surface area contributed by atoms with E-state index in [0.717, 1.165) is 31.1 Å². The van der Waals surface area contributed by atoms with Crippen molar-refractivity contribution in [1.29, 1.82) is 0 Å². The van der Waals surface area contributed by atoms with Gasteiger partial charge in [0.15, 0.2) is 9.84 Å². The lowest BCUT2D eigenvalue weighted by atomic mass is 10.2. The molecule has 94 valence electrons. The lowest BCUT2D eigenvalue weighted by Crippen LogP contribution is -1.95. The first-order valence-corrected chi connectivity index (χ1v) is 7.58. The lowest BCUT2D eigenvalue weighted by Gasteiger charge is -1.98. The van der Waals surface area contributed by atoms with Gasteiger partial charge >= 0.3 is 0 Å². The summed E-state index contributed by atoms with van der Waals surface area (Å²) in [6.45, 7) is 2.12. The summed E-state index contributed by atoms with van der Waals surface area (Å²) in [6.07, 6.45) is 4.75. The van der Waals surface area contributed by atoms with E-state index in [1.807, 2.05) is 0 Å². The van der Waals surface area contributed by atoms with E-state index in [1.54, 1.807) is 30.3 Å². The van der Waals surface area contributed by atoms with Crippen LogP contribution >= 0.6 is 0 Å². The van der Waals surface area contributed by atoms with E-state index in [2.05, 4.69) is 6.92 Å². The minimum atomic E-state index is -3.45. The van der Waals surface area contributed by atoms with Crippen LogP contribution in [0.15, 0.2) is 46.7 Å². The fourth-order valence-electron chi connectivity index (χ4n) is 1.50. The molecule has 0 aromatic heterocycles.